The average Bonchev–Trinajstić information content (AvgIpc) is 3.04. The zero-order valence-corrected chi connectivity index (χ0v) is 25.1. The van der Waals surface area contributed by atoms with Gasteiger partial charge in [-0.15, -0.1) is 0 Å². The minimum atomic E-state index is -0.312. The summed E-state index contributed by atoms with van der Waals surface area (Å²) in [6, 6.07) is 17.6. The number of nitrogens with zero attached hydrogens (tertiary/aromatic N) is 2. The normalized spacial score (nSPS) is 13.5. The van der Waals surface area contributed by atoms with E-state index in [1.54, 1.807) is 28.0 Å². The summed E-state index contributed by atoms with van der Waals surface area (Å²) in [5.74, 6) is -0.667. The number of fused-ring (bicyclic) bond motifs is 2. The zero-order valence-electron chi connectivity index (χ0n) is 25.1. The van der Waals surface area contributed by atoms with Crippen LogP contribution < -0.4 is 9.80 Å². The third-order valence-electron chi connectivity index (χ3n) is 7.59. The van der Waals surface area contributed by atoms with E-state index in [0.29, 0.717) is 35.6 Å². The first-order valence-corrected chi connectivity index (χ1v) is 14.6. The molecule has 0 unspecified atom stereocenters. The van der Waals surface area contributed by atoms with Crippen molar-refractivity contribution in [3.05, 3.63) is 107 Å². The number of allylic oxidation sites excluding steroid dienone is 5. The molecule has 1 aliphatic rings. The van der Waals surface area contributed by atoms with Crippen molar-refractivity contribution in [3.8, 4) is 17.2 Å². The number of phenols is 3. The molecule has 0 fully saturated rings. The molecule has 0 saturated heterocycles. The smallest absolute Gasteiger partial charge is 0.260 e. The lowest BCUT2D eigenvalue weighted by atomic mass is 10.1. The highest BCUT2D eigenvalue weighted by Gasteiger charge is 2.34. The number of hydrogen-bond acceptors (Lipinski definition) is 5. The third-order valence-corrected chi connectivity index (χ3v) is 7.59. The van der Waals surface area contributed by atoms with Crippen LogP contribution in [0.15, 0.2) is 95.6 Å². The summed E-state index contributed by atoms with van der Waals surface area (Å²) in [6.45, 7) is 9.11. The number of carbonyl (C=O) groups excluding carboxylic acids is 1. The van der Waals surface area contributed by atoms with Gasteiger partial charge in [0.05, 0.1) is 16.9 Å². The molecule has 0 atom stereocenters. The minimum Gasteiger partial charge on any atom is -0.508 e. The van der Waals surface area contributed by atoms with E-state index in [-0.39, 0.29) is 29.7 Å². The van der Waals surface area contributed by atoms with E-state index in [0.717, 1.165) is 36.8 Å². The second kappa shape index (κ2) is 13.9. The maximum Gasteiger partial charge on any atom is 0.260 e. The largest absolute Gasteiger partial charge is 0.508 e. The van der Waals surface area contributed by atoms with Crippen LogP contribution in [-0.4, -0.2) is 34.3 Å². The first-order valence-electron chi connectivity index (χ1n) is 14.6. The molecule has 0 saturated carbocycles. The molecule has 0 spiro atoms. The molecule has 0 radical (unpaired) electrons. The summed E-state index contributed by atoms with van der Waals surface area (Å²) in [4.78, 5) is 17.4. The lowest BCUT2D eigenvalue weighted by Crippen LogP contribution is -2.30. The Hall–Kier alpha value is -4.45. The van der Waals surface area contributed by atoms with E-state index in [2.05, 4.69) is 39.8 Å². The van der Waals surface area contributed by atoms with E-state index in [9.17, 15) is 20.1 Å². The predicted octanol–water partition coefficient (Wildman–Crippen LogP) is 8.56. The predicted molar refractivity (Wildman–Crippen MR) is 172 cm³/mol. The topological polar surface area (TPSA) is 84.2 Å². The number of benzene rings is 3. The van der Waals surface area contributed by atoms with Gasteiger partial charge in [-0.25, -0.2) is 0 Å². The van der Waals surface area contributed by atoms with Crippen LogP contribution in [-0.2, 0) is 6.42 Å². The van der Waals surface area contributed by atoms with Gasteiger partial charge in [-0.2, -0.15) is 0 Å². The number of para-hydroxylation sites is 1. The molecule has 42 heavy (non-hydrogen) atoms. The van der Waals surface area contributed by atoms with Crippen LogP contribution in [0.2, 0.25) is 0 Å². The maximum atomic E-state index is 14.0. The van der Waals surface area contributed by atoms with Gasteiger partial charge in [-0.05, 0) is 77.5 Å². The van der Waals surface area contributed by atoms with Crippen LogP contribution in [0.25, 0.3) is 0 Å². The Morgan fingerprint density at radius 2 is 1.43 bits per heavy atom. The number of carbonyl (C=O) groups is 1. The van der Waals surface area contributed by atoms with Crippen molar-refractivity contribution in [1.29, 1.82) is 0 Å². The number of aromatic hydroxyl groups is 3. The molecule has 1 heterocycles. The second-order valence-corrected chi connectivity index (χ2v) is 11.3. The summed E-state index contributed by atoms with van der Waals surface area (Å²) in [5.41, 5.74) is 6.38. The van der Waals surface area contributed by atoms with Gasteiger partial charge in [-0.1, -0.05) is 71.3 Å². The van der Waals surface area contributed by atoms with Crippen molar-refractivity contribution in [2.75, 3.05) is 22.9 Å². The number of hydrogen-bond donors (Lipinski definition) is 3. The van der Waals surface area contributed by atoms with Gasteiger partial charge in [-0.3, -0.25) is 4.79 Å². The van der Waals surface area contributed by atoms with Gasteiger partial charge in [0.2, 0.25) is 0 Å². The van der Waals surface area contributed by atoms with Gasteiger partial charge in [0, 0.05) is 25.2 Å². The molecule has 0 bridgehead atoms. The second-order valence-electron chi connectivity index (χ2n) is 11.3. The fourth-order valence-corrected chi connectivity index (χ4v) is 5.30. The Labute approximate surface area is 249 Å². The molecule has 3 N–H and O–H groups in total. The summed E-state index contributed by atoms with van der Waals surface area (Å²) in [5, 5.41) is 32.6. The quantitative estimate of drug-likeness (QED) is 0.203. The molecular formula is C36H42N2O4. The van der Waals surface area contributed by atoms with Crippen LogP contribution in [0, 0.1) is 0 Å². The van der Waals surface area contributed by atoms with Crippen molar-refractivity contribution in [1.82, 2.24) is 0 Å². The molecular weight excluding hydrogens is 524 g/mol. The SMILES string of the molecule is CC(C)=CCC/C(C)=C/CC/C(C)=C/CN1C(=O)c2cccc(O)c2N(CCc2ccccc2)c2c(O)cc(O)cc21. The number of anilines is 3. The Morgan fingerprint density at radius 3 is 2.14 bits per heavy atom. The van der Waals surface area contributed by atoms with E-state index in [1.807, 2.05) is 36.4 Å². The fraction of sp³-hybridized carbons (Fsp3) is 0.306. The minimum absolute atomic E-state index is 0.0485. The molecule has 1 aliphatic heterocycles. The summed E-state index contributed by atoms with van der Waals surface area (Å²) in [6.07, 6.45) is 11.1. The van der Waals surface area contributed by atoms with Gasteiger partial charge < -0.3 is 25.1 Å². The Balaban J connectivity index is 1.64. The highest BCUT2D eigenvalue weighted by Crippen LogP contribution is 2.50. The van der Waals surface area contributed by atoms with Crippen LogP contribution in [0.1, 0.15) is 69.3 Å². The molecule has 3 aromatic rings. The molecule has 0 aliphatic carbocycles. The zero-order chi connectivity index (χ0) is 30.2. The molecule has 4 rings (SSSR count). The first kappa shape index (κ1) is 30.5. The van der Waals surface area contributed by atoms with Gasteiger partial charge in [0.15, 0.2) is 0 Å². The van der Waals surface area contributed by atoms with Crippen LogP contribution in [0.3, 0.4) is 0 Å². The van der Waals surface area contributed by atoms with E-state index in [1.165, 1.54) is 23.3 Å². The molecule has 3 aromatic carbocycles. The maximum absolute atomic E-state index is 14.0. The van der Waals surface area contributed by atoms with Crippen LogP contribution in [0.5, 0.6) is 17.2 Å². The van der Waals surface area contributed by atoms with E-state index >= 15 is 0 Å². The van der Waals surface area contributed by atoms with E-state index < -0.39 is 0 Å². The van der Waals surface area contributed by atoms with Crippen molar-refractivity contribution in [2.45, 2.75) is 59.8 Å². The highest BCUT2D eigenvalue weighted by atomic mass is 16.3. The molecule has 0 aromatic heterocycles. The highest BCUT2D eigenvalue weighted by molar-refractivity contribution is 6.15. The summed E-state index contributed by atoms with van der Waals surface area (Å²) >= 11 is 0. The Kier molecular flexibility index (Phi) is 10.1. The summed E-state index contributed by atoms with van der Waals surface area (Å²) in [7, 11) is 0. The third kappa shape index (κ3) is 7.43. The van der Waals surface area contributed by atoms with Crippen molar-refractivity contribution in [2.24, 2.45) is 0 Å². The van der Waals surface area contributed by atoms with E-state index in [4.69, 9.17) is 0 Å². The van der Waals surface area contributed by atoms with Crippen LogP contribution >= 0.6 is 0 Å². The number of phenolic OH excluding ortho intramolecular Hbond substituents is 3. The summed E-state index contributed by atoms with van der Waals surface area (Å²) < 4.78 is 0. The number of amides is 1. The van der Waals surface area contributed by atoms with Crippen molar-refractivity contribution in [3.63, 3.8) is 0 Å². The van der Waals surface area contributed by atoms with Gasteiger partial charge >= 0.3 is 0 Å². The Bertz CT molecular complexity index is 1500. The lowest BCUT2D eigenvalue weighted by molar-refractivity contribution is 0.0990. The number of rotatable bonds is 11. The molecule has 220 valence electrons. The molecule has 6 heteroatoms. The molecule has 6 nitrogen and oxygen atoms in total. The van der Waals surface area contributed by atoms with Crippen molar-refractivity contribution < 1.29 is 20.1 Å². The average molecular weight is 567 g/mol. The monoisotopic (exact) mass is 566 g/mol. The van der Waals surface area contributed by atoms with Crippen molar-refractivity contribution >= 4 is 23.0 Å². The van der Waals surface area contributed by atoms with Gasteiger partial charge in [0.1, 0.15) is 22.9 Å². The standard InChI is InChI=1S/C36H42N2O4/c1-25(2)11-8-12-26(3)13-9-14-27(4)19-21-37-31-23-29(39)24-33(41)35(31)38(22-20-28-15-6-5-7-16-28)34-30(36(37)42)17-10-18-32(34)40/h5-7,10-11,13,15-19,23-24,39-41H,8-9,12,14,20-22H2,1-4H3/b26-13+,27-19+. The van der Waals surface area contributed by atoms with Crippen LogP contribution in [0.4, 0.5) is 17.1 Å². The Morgan fingerprint density at radius 1 is 0.738 bits per heavy atom. The lowest BCUT2D eigenvalue weighted by Gasteiger charge is -2.28. The molecule has 1 amide bonds. The van der Waals surface area contributed by atoms with Gasteiger partial charge in [0.25, 0.3) is 5.91 Å². The fourth-order valence-electron chi connectivity index (χ4n) is 5.30. The first-order chi connectivity index (χ1) is 20.2.